The van der Waals surface area contributed by atoms with Crippen LogP contribution in [-0.2, 0) is 9.59 Å². The summed E-state index contributed by atoms with van der Waals surface area (Å²) in [4.78, 5) is 41.3. The predicted molar refractivity (Wildman–Crippen MR) is 109 cm³/mol. The Morgan fingerprint density at radius 3 is 2.07 bits per heavy atom. The molecule has 2 aliphatic heterocycles. The highest BCUT2D eigenvalue weighted by Gasteiger charge is 2.43. The first kappa shape index (κ1) is 19.1. The highest BCUT2D eigenvalue weighted by Crippen LogP contribution is 2.27. The Balaban J connectivity index is 1.41. The van der Waals surface area contributed by atoms with E-state index in [1.165, 1.54) is 17.0 Å². The number of anilines is 2. The second kappa shape index (κ2) is 7.63. The van der Waals surface area contributed by atoms with Crippen molar-refractivity contribution in [1.82, 2.24) is 4.90 Å². The van der Waals surface area contributed by atoms with Crippen LogP contribution in [-0.4, -0.2) is 53.9 Å². The fourth-order valence-electron chi connectivity index (χ4n) is 3.94. The normalized spacial score (nSPS) is 20.4. The van der Waals surface area contributed by atoms with Gasteiger partial charge in [0.1, 0.15) is 0 Å². The molecule has 2 aliphatic rings. The molecule has 2 aromatic carbocycles. The fourth-order valence-corrected chi connectivity index (χ4v) is 3.94. The summed E-state index contributed by atoms with van der Waals surface area (Å²) in [6.45, 7) is 4.66. The molecular formula is C21H22N4O4. The summed E-state index contributed by atoms with van der Waals surface area (Å²) in [5.74, 6) is -0.329. The van der Waals surface area contributed by atoms with Gasteiger partial charge in [0, 0.05) is 44.0 Å². The number of nitro groups is 1. The van der Waals surface area contributed by atoms with Crippen LogP contribution in [0.4, 0.5) is 17.1 Å². The van der Waals surface area contributed by atoms with Crippen molar-refractivity contribution in [3.05, 3.63) is 64.2 Å². The van der Waals surface area contributed by atoms with Crippen LogP contribution in [0.1, 0.15) is 12.0 Å². The molecule has 2 fully saturated rings. The van der Waals surface area contributed by atoms with E-state index < -0.39 is 11.0 Å². The maximum absolute atomic E-state index is 12.9. The largest absolute Gasteiger partial charge is 0.369 e. The number of nitrogens with zero attached hydrogens (tertiary/aromatic N) is 4. The third-order valence-electron chi connectivity index (χ3n) is 5.60. The smallest absolute Gasteiger partial charge is 0.269 e. The Morgan fingerprint density at radius 1 is 0.897 bits per heavy atom. The number of aryl methyl sites for hydroxylation is 1. The third-order valence-corrected chi connectivity index (χ3v) is 5.60. The molecule has 0 unspecified atom stereocenters. The van der Waals surface area contributed by atoms with Gasteiger partial charge in [0.25, 0.3) is 11.6 Å². The highest BCUT2D eigenvalue weighted by molar-refractivity contribution is 6.22. The molecule has 0 aliphatic carbocycles. The summed E-state index contributed by atoms with van der Waals surface area (Å²) in [5, 5.41) is 10.8. The zero-order chi connectivity index (χ0) is 20.5. The summed E-state index contributed by atoms with van der Waals surface area (Å²) in [6.07, 6.45) is 0.199. The van der Waals surface area contributed by atoms with Crippen molar-refractivity contribution < 1.29 is 14.5 Å². The fraction of sp³-hybridized carbons (Fsp3) is 0.333. The number of amides is 2. The average molecular weight is 394 g/mol. The van der Waals surface area contributed by atoms with E-state index in [1.807, 2.05) is 19.1 Å². The number of carbonyl (C=O) groups is 2. The van der Waals surface area contributed by atoms with Crippen molar-refractivity contribution in [3.63, 3.8) is 0 Å². The molecule has 150 valence electrons. The second-order valence-electron chi connectivity index (χ2n) is 7.42. The number of nitro benzene ring substituents is 1. The van der Waals surface area contributed by atoms with Crippen LogP contribution in [0.3, 0.4) is 0 Å². The molecule has 2 saturated heterocycles. The Hall–Kier alpha value is -3.26. The van der Waals surface area contributed by atoms with Crippen molar-refractivity contribution in [2.45, 2.75) is 19.4 Å². The number of rotatable bonds is 4. The number of benzene rings is 2. The van der Waals surface area contributed by atoms with Gasteiger partial charge in [-0.25, -0.2) is 4.90 Å². The number of carbonyl (C=O) groups excluding carboxylic acids is 2. The standard InChI is InChI=1S/C21H22N4O4/c1-15-2-4-17(5-3-15)24-20(26)14-19(21(24)27)23-12-10-22(11-13-23)16-6-8-18(9-7-16)25(28)29/h2-9,19H,10-14H2,1H3/t19-/m0/s1. The lowest BCUT2D eigenvalue weighted by molar-refractivity contribution is -0.384. The molecule has 0 radical (unpaired) electrons. The van der Waals surface area contributed by atoms with Crippen LogP contribution in [0, 0.1) is 17.0 Å². The summed E-state index contributed by atoms with van der Waals surface area (Å²) in [5.41, 5.74) is 2.69. The van der Waals surface area contributed by atoms with Gasteiger partial charge in [-0.1, -0.05) is 17.7 Å². The predicted octanol–water partition coefficient (Wildman–Crippen LogP) is 2.36. The molecular weight excluding hydrogens is 372 g/mol. The van der Waals surface area contributed by atoms with Crippen LogP contribution in [0.5, 0.6) is 0 Å². The van der Waals surface area contributed by atoms with Crippen LogP contribution < -0.4 is 9.80 Å². The molecule has 8 nitrogen and oxygen atoms in total. The first-order chi connectivity index (χ1) is 13.9. The van der Waals surface area contributed by atoms with Gasteiger partial charge in [-0.05, 0) is 31.2 Å². The molecule has 2 amide bonds. The lowest BCUT2D eigenvalue weighted by Gasteiger charge is -2.38. The summed E-state index contributed by atoms with van der Waals surface area (Å²) in [7, 11) is 0. The van der Waals surface area contributed by atoms with Crippen molar-refractivity contribution in [2.24, 2.45) is 0 Å². The maximum atomic E-state index is 12.9. The van der Waals surface area contributed by atoms with E-state index in [0.29, 0.717) is 31.9 Å². The molecule has 2 heterocycles. The molecule has 0 saturated carbocycles. The highest BCUT2D eigenvalue weighted by atomic mass is 16.6. The van der Waals surface area contributed by atoms with Gasteiger partial charge < -0.3 is 4.90 Å². The Bertz CT molecular complexity index is 934. The number of imide groups is 1. The first-order valence-electron chi connectivity index (χ1n) is 9.61. The summed E-state index contributed by atoms with van der Waals surface area (Å²) < 4.78 is 0. The van der Waals surface area contributed by atoms with Crippen molar-refractivity contribution in [3.8, 4) is 0 Å². The molecule has 0 aromatic heterocycles. The molecule has 8 heteroatoms. The lowest BCUT2D eigenvalue weighted by Crippen LogP contribution is -2.52. The average Bonchev–Trinajstić information content (AvgIpc) is 3.03. The molecule has 0 N–H and O–H groups in total. The summed E-state index contributed by atoms with van der Waals surface area (Å²) >= 11 is 0. The van der Waals surface area contributed by atoms with Crippen LogP contribution in [0.25, 0.3) is 0 Å². The van der Waals surface area contributed by atoms with Gasteiger partial charge in [0.05, 0.1) is 23.1 Å². The Morgan fingerprint density at radius 2 is 1.48 bits per heavy atom. The van der Waals surface area contributed by atoms with E-state index in [0.717, 1.165) is 11.3 Å². The van der Waals surface area contributed by atoms with Crippen LogP contribution >= 0.6 is 0 Å². The topological polar surface area (TPSA) is 87.0 Å². The van der Waals surface area contributed by atoms with Crippen molar-refractivity contribution in [2.75, 3.05) is 36.0 Å². The van der Waals surface area contributed by atoms with Gasteiger partial charge in [-0.3, -0.25) is 24.6 Å². The van der Waals surface area contributed by atoms with Crippen molar-refractivity contribution in [1.29, 1.82) is 0 Å². The Labute approximate surface area is 168 Å². The van der Waals surface area contributed by atoms with E-state index >= 15 is 0 Å². The van der Waals surface area contributed by atoms with Crippen molar-refractivity contribution >= 4 is 28.9 Å². The monoisotopic (exact) mass is 394 g/mol. The van der Waals surface area contributed by atoms with E-state index in [9.17, 15) is 19.7 Å². The van der Waals surface area contributed by atoms with Crippen LogP contribution in [0.2, 0.25) is 0 Å². The number of hydrogen-bond donors (Lipinski definition) is 0. The number of hydrogen-bond acceptors (Lipinski definition) is 6. The maximum Gasteiger partial charge on any atom is 0.269 e. The minimum absolute atomic E-state index is 0.0682. The molecule has 2 aromatic rings. The minimum Gasteiger partial charge on any atom is -0.369 e. The quantitative estimate of drug-likeness (QED) is 0.449. The van der Waals surface area contributed by atoms with E-state index in [1.54, 1.807) is 24.3 Å². The van der Waals surface area contributed by atoms with Gasteiger partial charge >= 0.3 is 0 Å². The van der Waals surface area contributed by atoms with E-state index in [2.05, 4.69) is 9.80 Å². The SMILES string of the molecule is Cc1ccc(N2C(=O)C[C@H](N3CCN(c4ccc([N+](=O)[O-])cc4)CC3)C2=O)cc1. The molecule has 0 spiro atoms. The number of piperazine rings is 1. The molecule has 29 heavy (non-hydrogen) atoms. The molecule has 1 atom stereocenters. The summed E-state index contributed by atoms with van der Waals surface area (Å²) in [6, 6.07) is 13.5. The molecule has 4 rings (SSSR count). The first-order valence-corrected chi connectivity index (χ1v) is 9.61. The van der Waals surface area contributed by atoms with E-state index in [-0.39, 0.29) is 23.9 Å². The molecule has 0 bridgehead atoms. The lowest BCUT2D eigenvalue weighted by atomic mass is 10.1. The van der Waals surface area contributed by atoms with E-state index in [4.69, 9.17) is 0 Å². The van der Waals surface area contributed by atoms with Gasteiger partial charge in [-0.2, -0.15) is 0 Å². The van der Waals surface area contributed by atoms with Gasteiger partial charge in [0.2, 0.25) is 5.91 Å². The van der Waals surface area contributed by atoms with Gasteiger partial charge in [-0.15, -0.1) is 0 Å². The van der Waals surface area contributed by atoms with Gasteiger partial charge in [0.15, 0.2) is 0 Å². The number of non-ortho nitro benzene ring substituents is 1. The third kappa shape index (κ3) is 3.71. The second-order valence-corrected chi connectivity index (χ2v) is 7.42. The zero-order valence-electron chi connectivity index (χ0n) is 16.2. The Kier molecular flexibility index (Phi) is 5.02. The zero-order valence-corrected chi connectivity index (χ0v) is 16.2. The minimum atomic E-state index is -0.428. The van der Waals surface area contributed by atoms with Crippen LogP contribution in [0.15, 0.2) is 48.5 Å².